The van der Waals surface area contributed by atoms with Gasteiger partial charge in [0, 0.05) is 0 Å². The van der Waals surface area contributed by atoms with Crippen LogP contribution in [0.1, 0.15) is 132 Å². The van der Waals surface area contributed by atoms with E-state index in [4.69, 9.17) is 7.56 Å². The molecular formula is C28H62O3Sn2. The van der Waals surface area contributed by atoms with Gasteiger partial charge in [-0.3, -0.25) is 0 Å². The van der Waals surface area contributed by atoms with Gasteiger partial charge in [-0.15, -0.1) is 0 Å². The third-order valence-corrected chi connectivity index (χ3v) is 41.0. The van der Waals surface area contributed by atoms with E-state index in [0.29, 0.717) is 11.8 Å². The van der Waals surface area contributed by atoms with Crippen molar-refractivity contribution >= 4 is 38.4 Å². The molecule has 33 heavy (non-hydrogen) atoms. The van der Waals surface area contributed by atoms with Crippen LogP contribution in [0.25, 0.3) is 0 Å². The first-order chi connectivity index (χ1) is 15.9. The molecule has 0 atom stereocenters. The second kappa shape index (κ2) is 21.6. The monoisotopic (exact) mass is 686 g/mol. The van der Waals surface area contributed by atoms with Gasteiger partial charge >= 0.3 is 221 Å². The molecule has 0 rings (SSSR count). The van der Waals surface area contributed by atoms with Crippen molar-refractivity contribution in [1.82, 2.24) is 0 Å². The molecule has 0 N–H and O–H groups in total. The van der Waals surface area contributed by atoms with E-state index in [-0.39, 0.29) is 0 Å². The van der Waals surface area contributed by atoms with Gasteiger partial charge in [-0.2, -0.15) is 0 Å². The van der Waals surface area contributed by atoms with Gasteiger partial charge in [-0.1, -0.05) is 0 Å². The predicted octanol–water partition coefficient (Wildman–Crippen LogP) is 9.99. The SMILES string of the molecule is CCC[CH2][Sn]([CH2]CCC)([CH2]CCC)[O][Sn]([CH2]CCC)([O]CC(CC)CC)[O]CC(CC)CC. The van der Waals surface area contributed by atoms with Crippen LogP contribution in [0, 0.1) is 11.8 Å². The number of hydrogen-bond acceptors (Lipinski definition) is 3. The molecule has 5 heteroatoms. The van der Waals surface area contributed by atoms with Gasteiger partial charge in [0.15, 0.2) is 0 Å². The van der Waals surface area contributed by atoms with Gasteiger partial charge in [0.2, 0.25) is 0 Å². The Balaban J connectivity index is 6.11. The summed E-state index contributed by atoms with van der Waals surface area (Å²) in [6.45, 7) is 20.3. The van der Waals surface area contributed by atoms with Crippen LogP contribution in [0.15, 0.2) is 0 Å². The van der Waals surface area contributed by atoms with E-state index >= 15 is 0 Å². The van der Waals surface area contributed by atoms with E-state index < -0.39 is 38.4 Å². The normalized spacial score (nSPS) is 12.9. The fourth-order valence-electron chi connectivity index (χ4n) is 4.58. The molecule has 0 bridgehead atoms. The molecule has 0 fully saturated rings. The van der Waals surface area contributed by atoms with E-state index in [9.17, 15) is 0 Å². The summed E-state index contributed by atoms with van der Waals surface area (Å²) < 4.78 is 27.0. The van der Waals surface area contributed by atoms with Crippen molar-refractivity contribution in [3.8, 4) is 0 Å². The van der Waals surface area contributed by atoms with E-state index in [1.807, 2.05) is 0 Å². The topological polar surface area (TPSA) is 27.7 Å². The van der Waals surface area contributed by atoms with Gasteiger partial charge in [-0.25, -0.2) is 0 Å². The van der Waals surface area contributed by atoms with Crippen molar-refractivity contribution in [3.05, 3.63) is 0 Å². The molecule has 0 radical (unpaired) electrons. The standard InChI is InChI=1S/2C6H13O.4C4H9.O.2Sn/c2*1-3-6(4-2)5-7;4*1-3-4-2;;;/h2*6H,3-5H2,1-2H3;4*1,3-4H2,2H3;;;/q2*-1;;;;;;;+2. The molecule has 0 aliphatic rings. The Morgan fingerprint density at radius 3 is 1.12 bits per heavy atom. The first-order valence-corrected chi connectivity index (χ1v) is 27.6. The fourth-order valence-corrected chi connectivity index (χ4v) is 47.5. The summed E-state index contributed by atoms with van der Waals surface area (Å²) in [6, 6.07) is 0. The zero-order valence-corrected chi connectivity index (χ0v) is 29.8. The summed E-state index contributed by atoms with van der Waals surface area (Å²) in [5.41, 5.74) is 0. The zero-order chi connectivity index (χ0) is 25.0. The second-order valence-corrected chi connectivity index (χ2v) is 32.9. The molecule has 0 spiro atoms. The summed E-state index contributed by atoms with van der Waals surface area (Å²) in [7, 11) is 0. The molecule has 3 nitrogen and oxygen atoms in total. The van der Waals surface area contributed by atoms with Crippen LogP contribution in [0.5, 0.6) is 0 Å². The maximum atomic E-state index is 7.69. The molecular weight excluding hydrogens is 622 g/mol. The Morgan fingerprint density at radius 1 is 0.485 bits per heavy atom. The van der Waals surface area contributed by atoms with E-state index in [1.54, 1.807) is 0 Å². The summed E-state index contributed by atoms with van der Waals surface area (Å²) in [5, 5.41) is 0. The first-order valence-electron chi connectivity index (χ1n) is 14.9. The number of hydrogen-bond donors (Lipinski definition) is 0. The summed E-state index contributed by atoms with van der Waals surface area (Å²) in [4.78, 5) is 0. The molecule has 0 amide bonds. The number of rotatable bonds is 24. The predicted molar refractivity (Wildman–Crippen MR) is 152 cm³/mol. The maximum absolute atomic E-state index is 7.69. The van der Waals surface area contributed by atoms with Crippen LogP contribution in [0.4, 0.5) is 0 Å². The Labute approximate surface area is 219 Å². The van der Waals surface area contributed by atoms with Crippen LogP contribution in [-0.4, -0.2) is 51.6 Å². The molecule has 0 aliphatic carbocycles. The number of unbranched alkanes of at least 4 members (excludes halogenated alkanes) is 4. The van der Waals surface area contributed by atoms with E-state index in [0.717, 1.165) is 17.7 Å². The minimum absolute atomic E-state index is 0.634. The average Bonchev–Trinajstić information content (AvgIpc) is 2.84. The van der Waals surface area contributed by atoms with Crippen molar-refractivity contribution < 1.29 is 7.56 Å². The van der Waals surface area contributed by atoms with Crippen LogP contribution in [-0.2, 0) is 7.56 Å². The van der Waals surface area contributed by atoms with Gasteiger partial charge in [0.05, 0.1) is 0 Å². The summed E-state index contributed by atoms with van der Waals surface area (Å²) in [6.07, 6.45) is 15.0. The molecule has 0 aromatic carbocycles. The van der Waals surface area contributed by atoms with Gasteiger partial charge < -0.3 is 0 Å². The first kappa shape index (κ1) is 34.5. The second-order valence-electron chi connectivity index (χ2n) is 10.4. The van der Waals surface area contributed by atoms with Crippen LogP contribution in [0.3, 0.4) is 0 Å². The van der Waals surface area contributed by atoms with Crippen molar-refractivity contribution in [3.63, 3.8) is 0 Å². The van der Waals surface area contributed by atoms with E-state index in [1.165, 1.54) is 90.4 Å². The molecule has 0 aromatic rings. The Hall–Kier alpha value is 1.48. The Bertz CT molecular complexity index is 388. The van der Waals surface area contributed by atoms with Crippen molar-refractivity contribution in [1.29, 1.82) is 0 Å². The van der Waals surface area contributed by atoms with Gasteiger partial charge in [-0.05, 0) is 0 Å². The molecule has 200 valence electrons. The quantitative estimate of drug-likeness (QED) is 0.0948. The third-order valence-electron chi connectivity index (χ3n) is 7.55. The molecule has 0 heterocycles. The molecule has 0 saturated carbocycles. The van der Waals surface area contributed by atoms with Crippen LogP contribution < -0.4 is 0 Å². The van der Waals surface area contributed by atoms with Gasteiger partial charge in [0.25, 0.3) is 0 Å². The summed E-state index contributed by atoms with van der Waals surface area (Å²) in [5.74, 6) is 1.27. The molecule has 0 aliphatic heterocycles. The van der Waals surface area contributed by atoms with Gasteiger partial charge in [0.1, 0.15) is 0 Å². The Morgan fingerprint density at radius 2 is 0.818 bits per heavy atom. The zero-order valence-electron chi connectivity index (χ0n) is 24.1. The minimum atomic E-state index is -3.66. The van der Waals surface area contributed by atoms with Crippen molar-refractivity contribution in [2.24, 2.45) is 11.8 Å². The molecule has 0 unspecified atom stereocenters. The molecule has 0 saturated heterocycles. The van der Waals surface area contributed by atoms with Crippen molar-refractivity contribution in [2.75, 3.05) is 13.2 Å². The Kier molecular flexibility index (Phi) is 22.5. The molecule has 0 aromatic heterocycles. The fraction of sp³-hybridized carbons (Fsp3) is 1.00. The van der Waals surface area contributed by atoms with Crippen molar-refractivity contribution in [2.45, 2.75) is 150 Å². The summed E-state index contributed by atoms with van der Waals surface area (Å²) >= 11 is -6.49. The van der Waals surface area contributed by atoms with Crippen LogP contribution >= 0.6 is 0 Å². The van der Waals surface area contributed by atoms with Crippen LogP contribution in [0.2, 0.25) is 17.7 Å². The third kappa shape index (κ3) is 14.7. The van der Waals surface area contributed by atoms with E-state index in [2.05, 4.69) is 55.4 Å². The average molecular weight is 684 g/mol.